The van der Waals surface area contributed by atoms with E-state index in [-0.39, 0.29) is 0 Å². The lowest BCUT2D eigenvalue weighted by Gasteiger charge is -2.19. The van der Waals surface area contributed by atoms with Crippen molar-refractivity contribution in [3.05, 3.63) is 78.6 Å². The molecule has 1 aliphatic heterocycles. The molecular weight excluding hydrogens is 320 g/mol. The molecule has 4 nitrogen and oxygen atoms in total. The predicted octanol–water partition coefficient (Wildman–Crippen LogP) is 3.50. The van der Waals surface area contributed by atoms with Crippen molar-refractivity contribution < 1.29 is 8.42 Å². The maximum atomic E-state index is 13.0. The van der Waals surface area contributed by atoms with Crippen LogP contribution in [-0.4, -0.2) is 19.9 Å². The van der Waals surface area contributed by atoms with Crippen LogP contribution in [0.2, 0.25) is 0 Å². The lowest BCUT2D eigenvalue weighted by atomic mass is 10.1. The van der Waals surface area contributed by atoms with E-state index in [1.807, 2.05) is 48.5 Å². The topological polar surface area (TPSA) is 50.3 Å². The summed E-state index contributed by atoms with van der Waals surface area (Å²) in [6, 6.07) is 18.5. The van der Waals surface area contributed by atoms with E-state index in [4.69, 9.17) is 0 Å². The molecule has 0 unspecified atom stereocenters. The van der Waals surface area contributed by atoms with Crippen LogP contribution in [0.25, 0.3) is 11.1 Å². The zero-order valence-corrected chi connectivity index (χ0v) is 13.8. The molecule has 2 aromatic carbocycles. The van der Waals surface area contributed by atoms with Crippen molar-refractivity contribution in [2.24, 2.45) is 0 Å². The Balaban J connectivity index is 1.69. The number of nitrogens with zero attached hydrogens (tertiary/aromatic N) is 2. The van der Waals surface area contributed by atoms with Gasteiger partial charge in [-0.1, -0.05) is 30.3 Å². The summed E-state index contributed by atoms with van der Waals surface area (Å²) in [5, 5.41) is 0. The number of rotatable bonds is 3. The van der Waals surface area contributed by atoms with Crippen LogP contribution in [0.4, 0.5) is 5.69 Å². The summed E-state index contributed by atoms with van der Waals surface area (Å²) in [5.41, 5.74) is 3.85. The van der Waals surface area contributed by atoms with Gasteiger partial charge in [-0.3, -0.25) is 9.29 Å². The van der Waals surface area contributed by atoms with Crippen molar-refractivity contribution in [1.29, 1.82) is 0 Å². The fraction of sp³-hybridized carbons (Fsp3) is 0.105. The largest absolute Gasteiger partial charge is 0.266 e. The van der Waals surface area contributed by atoms with Crippen LogP contribution in [0, 0.1) is 0 Å². The zero-order valence-electron chi connectivity index (χ0n) is 13.0. The number of fused-ring (bicyclic) bond motifs is 1. The van der Waals surface area contributed by atoms with Gasteiger partial charge in [0, 0.05) is 18.9 Å². The molecule has 0 saturated carbocycles. The molecule has 1 aromatic heterocycles. The smallest absolute Gasteiger partial charge is 0.264 e. The number of hydrogen-bond donors (Lipinski definition) is 0. The Hall–Kier alpha value is -2.66. The summed E-state index contributed by atoms with van der Waals surface area (Å²) in [4.78, 5) is 4.32. The number of hydrogen-bond acceptors (Lipinski definition) is 3. The molecule has 0 aliphatic carbocycles. The molecule has 4 rings (SSSR count). The molecule has 24 heavy (non-hydrogen) atoms. The van der Waals surface area contributed by atoms with E-state index in [0.29, 0.717) is 11.4 Å². The van der Waals surface area contributed by atoms with Crippen molar-refractivity contribution in [2.45, 2.75) is 11.3 Å². The van der Waals surface area contributed by atoms with Gasteiger partial charge in [-0.15, -0.1) is 0 Å². The third-order valence-corrected chi connectivity index (χ3v) is 6.13. The quantitative estimate of drug-likeness (QED) is 0.735. The number of sulfonamides is 1. The molecule has 0 saturated heterocycles. The van der Waals surface area contributed by atoms with Crippen LogP contribution in [0.5, 0.6) is 0 Å². The second kappa shape index (κ2) is 5.76. The molecule has 0 atom stereocenters. The molecule has 120 valence electrons. The SMILES string of the molecule is O=S(=O)(c1ccc(-c2ccncc2)cc1)N1CCc2ccccc21. The highest BCUT2D eigenvalue weighted by Crippen LogP contribution is 2.33. The first-order valence-electron chi connectivity index (χ1n) is 7.77. The van der Waals surface area contributed by atoms with Gasteiger partial charge in [0.2, 0.25) is 0 Å². The minimum absolute atomic E-state index is 0.317. The van der Waals surface area contributed by atoms with Gasteiger partial charge in [0.25, 0.3) is 10.0 Å². The number of pyridine rings is 1. The number of aromatic nitrogens is 1. The minimum Gasteiger partial charge on any atom is -0.266 e. The maximum absolute atomic E-state index is 13.0. The van der Waals surface area contributed by atoms with Gasteiger partial charge < -0.3 is 0 Å². The monoisotopic (exact) mass is 336 g/mol. The first-order valence-corrected chi connectivity index (χ1v) is 9.21. The van der Waals surface area contributed by atoms with Gasteiger partial charge in [-0.05, 0) is 53.4 Å². The third-order valence-electron chi connectivity index (χ3n) is 4.30. The van der Waals surface area contributed by atoms with Crippen molar-refractivity contribution in [1.82, 2.24) is 4.98 Å². The summed E-state index contributed by atoms with van der Waals surface area (Å²) in [5.74, 6) is 0. The second-order valence-corrected chi connectivity index (χ2v) is 7.58. The molecule has 3 aromatic rings. The van der Waals surface area contributed by atoms with E-state index in [0.717, 1.165) is 28.8 Å². The second-order valence-electron chi connectivity index (χ2n) is 5.72. The molecule has 0 radical (unpaired) electrons. The average molecular weight is 336 g/mol. The molecule has 0 N–H and O–H groups in total. The van der Waals surface area contributed by atoms with Gasteiger partial charge in [0.1, 0.15) is 0 Å². The van der Waals surface area contributed by atoms with E-state index >= 15 is 0 Å². The molecule has 0 bridgehead atoms. The third kappa shape index (κ3) is 2.47. The highest BCUT2D eigenvalue weighted by molar-refractivity contribution is 7.92. The predicted molar refractivity (Wildman–Crippen MR) is 94.4 cm³/mol. The highest BCUT2D eigenvalue weighted by Gasteiger charge is 2.30. The Labute approximate surface area is 141 Å². The Bertz CT molecular complexity index is 968. The molecule has 0 amide bonds. The maximum Gasteiger partial charge on any atom is 0.264 e. The molecule has 1 aliphatic rings. The van der Waals surface area contributed by atoms with Crippen LogP contribution in [0.15, 0.2) is 78.0 Å². The Kier molecular flexibility index (Phi) is 3.58. The summed E-state index contributed by atoms with van der Waals surface area (Å²) in [6.45, 7) is 0.494. The van der Waals surface area contributed by atoms with E-state index in [2.05, 4.69) is 4.98 Å². The summed E-state index contributed by atoms with van der Waals surface area (Å²) in [6.07, 6.45) is 4.20. The van der Waals surface area contributed by atoms with Gasteiger partial charge in [-0.2, -0.15) is 0 Å². The average Bonchev–Trinajstić information content (AvgIpc) is 3.07. The number of para-hydroxylation sites is 1. The summed E-state index contributed by atoms with van der Waals surface area (Å²) in [7, 11) is -3.53. The highest BCUT2D eigenvalue weighted by atomic mass is 32.2. The molecule has 0 fully saturated rings. The molecule has 2 heterocycles. The van der Waals surface area contributed by atoms with Crippen LogP contribution in [0.1, 0.15) is 5.56 Å². The summed E-state index contributed by atoms with van der Waals surface area (Å²) < 4.78 is 27.4. The molecule has 0 spiro atoms. The number of benzene rings is 2. The molecule has 5 heteroatoms. The van der Waals surface area contributed by atoms with Gasteiger partial charge in [0.15, 0.2) is 0 Å². The Morgan fingerprint density at radius 1 is 0.833 bits per heavy atom. The number of anilines is 1. The van der Waals surface area contributed by atoms with Gasteiger partial charge in [-0.25, -0.2) is 8.42 Å². The van der Waals surface area contributed by atoms with E-state index in [9.17, 15) is 8.42 Å². The lowest BCUT2D eigenvalue weighted by Crippen LogP contribution is -2.29. The lowest BCUT2D eigenvalue weighted by molar-refractivity contribution is 0.592. The van der Waals surface area contributed by atoms with Crippen LogP contribution in [-0.2, 0) is 16.4 Å². The van der Waals surface area contributed by atoms with Gasteiger partial charge >= 0.3 is 0 Å². The van der Waals surface area contributed by atoms with E-state index in [1.165, 1.54) is 4.31 Å². The van der Waals surface area contributed by atoms with Crippen molar-refractivity contribution in [2.75, 3.05) is 10.8 Å². The van der Waals surface area contributed by atoms with Gasteiger partial charge in [0.05, 0.1) is 10.6 Å². The Morgan fingerprint density at radius 3 is 2.25 bits per heavy atom. The van der Waals surface area contributed by atoms with E-state index in [1.54, 1.807) is 24.5 Å². The fourth-order valence-electron chi connectivity index (χ4n) is 3.05. The minimum atomic E-state index is -3.53. The van der Waals surface area contributed by atoms with Crippen LogP contribution in [0.3, 0.4) is 0 Å². The van der Waals surface area contributed by atoms with Crippen LogP contribution < -0.4 is 4.31 Å². The van der Waals surface area contributed by atoms with Crippen molar-refractivity contribution in [3.8, 4) is 11.1 Å². The van der Waals surface area contributed by atoms with Crippen molar-refractivity contribution in [3.63, 3.8) is 0 Å². The standard InChI is InChI=1S/C19H16N2O2S/c22-24(23,21-14-11-17-3-1-2-4-19(17)21)18-7-5-15(6-8-18)16-9-12-20-13-10-16/h1-10,12-13H,11,14H2. The zero-order chi connectivity index (χ0) is 16.6. The van der Waals surface area contributed by atoms with Crippen LogP contribution >= 0.6 is 0 Å². The summed E-state index contributed by atoms with van der Waals surface area (Å²) >= 11 is 0. The molecular formula is C19H16N2O2S. The van der Waals surface area contributed by atoms with Crippen molar-refractivity contribution >= 4 is 15.7 Å². The first-order chi connectivity index (χ1) is 11.7. The first kappa shape index (κ1) is 14.9. The fourth-order valence-corrected chi connectivity index (χ4v) is 4.55. The Morgan fingerprint density at radius 2 is 1.50 bits per heavy atom. The van der Waals surface area contributed by atoms with E-state index < -0.39 is 10.0 Å². The normalized spacial score (nSPS) is 13.8.